The first-order valence-corrected chi connectivity index (χ1v) is 14.8. The van der Waals surface area contributed by atoms with Gasteiger partial charge in [0.15, 0.2) is 12.4 Å². The zero-order valence-corrected chi connectivity index (χ0v) is 24.8. The highest BCUT2D eigenvalue weighted by Crippen LogP contribution is 2.48. The minimum atomic E-state index is -4.44. The number of aliphatic hydroxyl groups is 1. The summed E-state index contributed by atoms with van der Waals surface area (Å²) < 4.78 is 52.8. The van der Waals surface area contributed by atoms with E-state index in [1.807, 2.05) is 44.0 Å². The number of H-pyrrole nitrogens is 1. The summed E-state index contributed by atoms with van der Waals surface area (Å²) in [6.07, 6.45) is -4.10. The van der Waals surface area contributed by atoms with Gasteiger partial charge in [-0.3, -0.25) is 23.7 Å². The molecular weight excluding hydrogens is 572 g/mol. The Morgan fingerprint density at radius 1 is 1.21 bits per heavy atom. The molecule has 0 radical (unpaired) electrons. The summed E-state index contributed by atoms with van der Waals surface area (Å²) in [6.45, 7) is 7.59. The summed E-state index contributed by atoms with van der Waals surface area (Å²) in [6, 6.07) is 12.1. The maximum Gasteiger partial charge on any atom is 0.459 e. The van der Waals surface area contributed by atoms with Crippen molar-refractivity contribution in [2.24, 2.45) is 5.41 Å². The van der Waals surface area contributed by atoms with Gasteiger partial charge >= 0.3 is 19.4 Å². The van der Waals surface area contributed by atoms with Gasteiger partial charge in [-0.2, -0.15) is 5.09 Å². The van der Waals surface area contributed by atoms with Crippen LogP contribution in [-0.4, -0.2) is 57.8 Å². The van der Waals surface area contributed by atoms with Crippen molar-refractivity contribution in [3.05, 3.63) is 75.6 Å². The number of aromatic amines is 1. The number of aromatic nitrogens is 2. The predicted molar refractivity (Wildman–Crippen MR) is 152 cm³/mol. The molecule has 228 valence electrons. The molecule has 1 fully saturated rings. The second-order valence-electron chi connectivity index (χ2n) is 11.6. The highest BCUT2D eigenvalue weighted by atomic mass is 31.2. The van der Waals surface area contributed by atoms with E-state index in [9.17, 15) is 24.1 Å². The second-order valence-corrected chi connectivity index (χ2v) is 13.2. The van der Waals surface area contributed by atoms with Crippen LogP contribution in [0.3, 0.4) is 0 Å². The molecule has 4 rings (SSSR count). The monoisotopic (exact) mass is 607 g/mol. The smallest absolute Gasteiger partial charge is 0.459 e. The van der Waals surface area contributed by atoms with E-state index in [2.05, 4.69) is 5.09 Å². The van der Waals surface area contributed by atoms with Crippen LogP contribution < -0.4 is 20.9 Å². The number of alkyl halides is 1. The van der Waals surface area contributed by atoms with Crippen LogP contribution in [0.25, 0.3) is 10.8 Å². The fourth-order valence-electron chi connectivity index (χ4n) is 4.34. The van der Waals surface area contributed by atoms with Gasteiger partial charge in [-0.1, -0.05) is 57.2 Å². The number of nitrogens with one attached hydrogen (secondary N) is 2. The van der Waals surface area contributed by atoms with E-state index in [4.69, 9.17) is 18.5 Å². The van der Waals surface area contributed by atoms with E-state index in [1.54, 1.807) is 24.3 Å². The van der Waals surface area contributed by atoms with Gasteiger partial charge < -0.3 is 19.1 Å². The van der Waals surface area contributed by atoms with E-state index in [1.165, 1.54) is 6.92 Å². The number of benzene rings is 2. The van der Waals surface area contributed by atoms with Crippen LogP contribution in [0.2, 0.25) is 0 Å². The first-order chi connectivity index (χ1) is 19.6. The molecule has 0 saturated carbocycles. The molecule has 1 aliphatic heterocycles. The fraction of sp³-hybridized carbons (Fsp3) is 0.464. The Bertz CT molecular complexity index is 1590. The van der Waals surface area contributed by atoms with Gasteiger partial charge in [-0.05, 0) is 30.7 Å². The molecule has 1 aliphatic rings. The van der Waals surface area contributed by atoms with E-state index >= 15 is 4.39 Å². The minimum Gasteiger partial charge on any atom is -0.464 e. The summed E-state index contributed by atoms with van der Waals surface area (Å²) in [4.78, 5) is 38.5. The Morgan fingerprint density at radius 2 is 1.90 bits per heavy atom. The van der Waals surface area contributed by atoms with Crippen LogP contribution in [0.5, 0.6) is 5.75 Å². The van der Waals surface area contributed by atoms with Crippen LogP contribution in [-0.2, 0) is 23.4 Å². The number of hydrogen-bond donors (Lipinski definition) is 3. The van der Waals surface area contributed by atoms with Gasteiger partial charge in [0.1, 0.15) is 23.5 Å². The van der Waals surface area contributed by atoms with Crippen molar-refractivity contribution in [3.63, 3.8) is 0 Å². The third-order valence-corrected chi connectivity index (χ3v) is 8.15. The summed E-state index contributed by atoms with van der Waals surface area (Å²) in [5, 5.41) is 14.8. The molecule has 12 nitrogen and oxygen atoms in total. The molecule has 1 unspecified atom stereocenters. The van der Waals surface area contributed by atoms with E-state index in [0.29, 0.717) is 5.39 Å². The molecule has 1 saturated heterocycles. The number of halogens is 1. The number of carbonyl (C=O) groups is 1. The van der Waals surface area contributed by atoms with Gasteiger partial charge in [0, 0.05) is 17.6 Å². The Labute approximate surface area is 241 Å². The lowest BCUT2D eigenvalue weighted by atomic mass is 9.98. The molecule has 3 aromatic rings. The number of nitrogens with zero attached hydrogens (tertiary/aromatic N) is 1. The summed E-state index contributed by atoms with van der Waals surface area (Å²) in [7, 11) is -4.44. The Hall–Kier alpha value is -3.35. The number of carbonyl (C=O) groups excluding carboxylic acids is 1. The molecule has 0 bridgehead atoms. The van der Waals surface area contributed by atoms with Crippen molar-refractivity contribution in [3.8, 4) is 5.75 Å². The number of esters is 1. The lowest BCUT2D eigenvalue weighted by molar-refractivity contribution is -0.148. The average molecular weight is 608 g/mol. The second kappa shape index (κ2) is 12.1. The van der Waals surface area contributed by atoms with Gasteiger partial charge in [-0.25, -0.2) is 13.8 Å². The van der Waals surface area contributed by atoms with Crippen LogP contribution >= 0.6 is 7.75 Å². The van der Waals surface area contributed by atoms with Crippen molar-refractivity contribution >= 4 is 24.5 Å². The third-order valence-electron chi connectivity index (χ3n) is 6.52. The van der Waals surface area contributed by atoms with Crippen molar-refractivity contribution in [2.75, 3.05) is 13.2 Å². The normalized spacial score (nSPS) is 24.7. The van der Waals surface area contributed by atoms with Gasteiger partial charge in [0.05, 0.1) is 13.2 Å². The molecule has 6 atom stereocenters. The topological polar surface area (TPSA) is 158 Å². The average Bonchev–Trinajstić information content (AvgIpc) is 3.14. The van der Waals surface area contributed by atoms with E-state index in [-0.39, 0.29) is 17.8 Å². The number of hydrogen-bond acceptors (Lipinski definition) is 9. The lowest BCUT2D eigenvalue weighted by Crippen LogP contribution is -2.45. The van der Waals surface area contributed by atoms with Crippen molar-refractivity contribution < 1.29 is 37.4 Å². The van der Waals surface area contributed by atoms with Crippen LogP contribution in [0.15, 0.2) is 64.3 Å². The molecule has 42 heavy (non-hydrogen) atoms. The van der Waals surface area contributed by atoms with Crippen molar-refractivity contribution in [1.82, 2.24) is 14.6 Å². The minimum absolute atomic E-state index is 0.104. The maximum absolute atomic E-state index is 15.5. The highest BCUT2D eigenvalue weighted by molar-refractivity contribution is 7.52. The molecule has 2 heterocycles. The highest BCUT2D eigenvalue weighted by Gasteiger charge is 2.55. The fourth-order valence-corrected chi connectivity index (χ4v) is 5.86. The van der Waals surface area contributed by atoms with Crippen molar-refractivity contribution in [1.29, 1.82) is 0 Å². The Balaban J connectivity index is 1.58. The van der Waals surface area contributed by atoms with Gasteiger partial charge in [0.25, 0.3) is 5.56 Å². The molecular formula is C28H35FN3O9P. The summed E-state index contributed by atoms with van der Waals surface area (Å²) in [5.74, 6) is -0.538. The molecule has 0 amide bonds. The SMILES string of the molecule is C[C@H](NP(=O)(OC[C@H]1O[C@@H](n2ccc(=O)[nH]c2=O)[C@](C)(O)[C@@H]1F)Oc1cccc2ccccc12)C(=O)OCC(C)(C)C. The molecule has 0 spiro atoms. The molecule has 14 heteroatoms. The third kappa shape index (κ3) is 7.16. The largest absolute Gasteiger partial charge is 0.464 e. The first kappa shape index (κ1) is 31.6. The molecule has 0 aliphatic carbocycles. The molecule has 2 aromatic carbocycles. The zero-order chi connectivity index (χ0) is 30.9. The van der Waals surface area contributed by atoms with Gasteiger partial charge in [0.2, 0.25) is 0 Å². The van der Waals surface area contributed by atoms with Gasteiger partial charge in [-0.15, -0.1) is 0 Å². The Kier molecular flexibility index (Phi) is 9.10. The van der Waals surface area contributed by atoms with Crippen molar-refractivity contribution in [2.45, 2.75) is 64.8 Å². The molecule has 1 aromatic heterocycles. The first-order valence-electron chi connectivity index (χ1n) is 13.3. The number of rotatable bonds is 10. The number of ether oxygens (including phenoxy) is 2. The summed E-state index contributed by atoms with van der Waals surface area (Å²) >= 11 is 0. The maximum atomic E-state index is 15.5. The lowest BCUT2D eigenvalue weighted by Gasteiger charge is -2.26. The van der Waals surface area contributed by atoms with E-state index in [0.717, 1.165) is 29.1 Å². The summed E-state index contributed by atoms with van der Waals surface area (Å²) in [5.41, 5.74) is -4.14. The predicted octanol–water partition coefficient (Wildman–Crippen LogP) is 3.45. The quantitative estimate of drug-likeness (QED) is 0.230. The van der Waals surface area contributed by atoms with Crippen LogP contribution in [0.4, 0.5) is 4.39 Å². The Morgan fingerprint density at radius 3 is 2.60 bits per heavy atom. The number of fused-ring (bicyclic) bond motifs is 1. The molecule has 3 N–H and O–H groups in total. The zero-order valence-electron chi connectivity index (χ0n) is 23.9. The standard InChI is InChI=1S/C28H35FN3O9P/c1-17(24(34)38-16-27(2,3)4)31-42(37,41-20-12-8-10-18-9-6-7-11-19(18)20)39-15-21-23(29)28(5,36)25(40-21)32-14-13-22(33)30-26(32)35/h6-14,17,21,23,25,36H,15-16H2,1-5H3,(H,31,37)(H,30,33,35)/t17-,21+,23+,25+,28+,42?/m0/s1. The van der Waals surface area contributed by atoms with Crippen LogP contribution in [0.1, 0.15) is 40.8 Å². The van der Waals surface area contributed by atoms with Crippen LogP contribution in [0, 0.1) is 5.41 Å². The van der Waals surface area contributed by atoms with E-state index < -0.39 is 61.7 Å².